The normalized spacial score (nSPS) is 25.7. The topological polar surface area (TPSA) is 58.4 Å². The molecule has 1 aliphatic rings. The maximum Gasteiger partial charge on any atom is 0.224 e. The molecule has 106 valence electrons. The van der Waals surface area contributed by atoms with Crippen molar-refractivity contribution in [3.8, 4) is 0 Å². The maximum atomic E-state index is 12.2. The average Bonchev–Trinajstić information content (AvgIpc) is 2.61. The van der Waals surface area contributed by atoms with Gasteiger partial charge in [-0.1, -0.05) is 20.3 Å². The molecule has 1 saturated carbocycles. The Kier molecular flexibility index (Phi) is 6.09. The highest BCUT2D eigenvalue weighted by atomic mass is 16.2. The molecule has 0 aromatic rings. The fourth-order valence-corrected chi connectivity index (χ4v) is 2.81. The van der Waals surface area contributed by atoms with Gasteiger partial charge in [0.05, 0.1) is 5.92 Å². The van der Waals surface area contributed by atoms with Crippen molar-refractivity contribution in [1.82, 2.24) is 10.2 Å². The number of amides is 1. The fraction of sp³-hybridized carbons (Fsp3) is 0.929. The van der Waals surface area contributed by atoms with Crippen LogP contribution in [0.2, 0.25) is 0 Å². The van der Waals surface area contributed by atoms with Crippen LogP contribution in [0.3, 0.4) is 0 Å². The van der Waals surface area contributed by atoms with E-state index >= 15 is 0 Å². The first-order valence-corrected chi connectivity index (χ1v) is 7.10. The Labute approximate surface area is 111 Å². The Bertz CT molecular complexity index is 256. The molecule has 3 unspecified atom stereocenters. The minimum absolute atomic E-state index is 0.0295. The summed E-state index contributed by atoms with van der Waals surface area (Å²) in [6.45, 7) is 5.28. The van der Waals surface area contributed by atoms with Gasteiger partial charge in [0.15, 0.2) is 0 Å². The Morgan fingerprint density at radius 1 is 1.39 bits per heavy atom. The number of nitrogens with one attached hydrogen (secondary N) is 1. The fourth-order valence-electron chi connectivity index (χ4n) is 2.81. The SMILES string of the molecule is CC(C)CC(CN(C)C)NC(=O)C1CCCC1N. The summed E-state index contributed by atoms with van der Waals surface area (Å²) >= 11 is 0. The molecule has 0 saturated heterocycles. The van der Waals surface area contributed by atoms with E-state index in [1.165, 1.54) is 0 Å². The number of rotatable bonds is 6. The minimum Gasteiger partial charge on any atom is -0.352 e. The second kappa shape index (κ2) is 7.10. The van der Waals surface area contributed by atoms with E-state index in [4.69, 9.17) is 5.73 Å². The van der Waals surface area contributed by atoms with Crippen molar-refractivity contribution in [2.75, 3.05) is 20.6 Å². The van der Waals surface area contributed by atoms with Crippen LogP contribution in [-0.4, -0.2) is 43.5 Å². The Balaban J connectivity index is 2.50. The molecule has 1 rings (SSSR count). The van der Waals surface area contributed by atoms with E-state index < -0.39 is 0 Å². The Morgan fingerprint density at radius 2 is 2.06 bits per heavy atom. The van der Waals surface area contributed by atoms with Crippen LogP contribution in [-0.2, 0) is 4.79 Å². The molecule has 3 atom stereocenters. The van der Waals surface area contributed by atoms with Crippen LogP contribution in [0.1, 0.15) is 39.5 Å². The standard InChI is InChI=1S/C14H29N3O/c1-10(2)8-11(9-17(3)4)16-14(18)12-6-5-7-13(12)15/h10-13H,5-9,15H2,1-4H3,(H,16,18). The summed E-state index contributed by atoms with van der Waals surface area (Å²) < 4.78 is 0. The van der Waals surface area contributed by atoms with Gasteiger partial charge in [-0.2, -0.15) is 0 Å². The predicted molar refractivity (Wildman–Crippen MR) is 75.3 cm³/mol. The van der Waals surface area contributed by atoms with Gasteiger partial charge in [-0.15, -0.1) is 0 Å². The van der Waals surface area contributed by atoms with Gasteiger partial charge in [0.2, 0.25) is 5.91 Å². The molecule has 1 amide bonds. The molecule has 4 nitrogen and oxygen atoms in total. The molecule has 0 radical (unpaired) electrons. The van der Waals surface area contributed by atoms with Gasteiger partial charge < -0.3 is 16.0 Å². The first-order chi connectivity index (χ1) is 8.40. The lowest BCUT2D eigenvalue weighted by atomic mass is 10.00. The van der Waals surface area contributed by atoms with Gasteiger partial charge in [0.1, 0.15) is 0 Å². The van der Waals surface area contributed by atoms with Crippen LogP contribution < -0.4 is 11.1 Å². The summed E-state index contributed by atoms with van der Waals surface area (Å²) in [5.74, 6) is 0.779. The van der Waals surface area contributed by atoms with Crippen LogP contribution in [0, 0.1) is 11.8 Å². The lowest BCUT2D eigenvalue weighted by molar-refractivity contribution is -0.126. The van der Waals surface area contributed by atoms with Gasteiger partial charge in [-0.05, 0) is 39.3 Å². The minimum atomic E-state index is 0.0295. The second-order valence-corrected chi connectivity index (χ2v) is 6.30. The summed E-state index contributed by atoms with van der Waals surface area (Å²) in [6.07, 6.45) is 4.04. The third-order valence-electron chi connectivity index (χ3n) is 3.59. The first kappa shape index (κ1) is 15.4. The van der Waals surface area contributed by atoms with Crippen molar-refractivity contribution in [3.63, 3.8) is 0 Å². The molecule has 18 heavy (non-hydrogen) atoms. The second-order valence-electron chi connectivity index (χ2n) is 6.30. The zero-order valence-electron chi connectivity index (χ0n) is 12.3. The lowest BCUT2D eigenvalue weighted by Crippen LogP contribution is -2.47. The quantitative estimate of drug-likeness (QED) is 0.750. The molecule has 0 aromatic carbocycles. The molecule has 0 heterocycles. The van der Waals surface area contributed by atoms with Gasteiger partial charge in [-0.25, -0.2) is 0 Å². The molecule has 1 aliphatic carbocycles. The molecule has 1 fully saturated rings. The molecular formula is C14H29N3O. The number of nitrogens with zero attached hydrogens (tertiary/aromatic N) is 1. The number of hydrogen-bond acceptors (Lipinski definition) is 3. The van der Waals surface area contributed by atoms with Crippen molar-refractivity contribution in [2.24, 2.45) is 17.6 Å². The summed E-state index contributed by atoms with van der Waals surface area (Å²) in [5.41, 5.74) is 5.99. The highest BCUT2D eigenvalue weighted by Gasteiger charge is 2.31. The van der Waals surface area contributed by atoms with Gasteiger partial charge >= 0.3 is 0 Å². The van der Waals surface area contributed by atoms with Crippen LogP contribution in [0.5, 0.6) is 0 Å². The van der Waals surface area contributed by atoms with E-state index in [0.717, 1.165) is 32.2 Å². The highest BCUT2D eigenvalue weighted by Crippen LogP contribution is 2.24. The average molecular weight is 255 g/mol. The van der Waals surface area contributed by atoms with Crippen molar-refractivity contribution >= 4 is 5.91 Å². The van der Waals surface area contributed by atoms with Gasteiger partial charge in [0, 0.05) is 18.6 Å². The van der Waals surface area contributed by atoms with E-state index in [0.29, 0.717) is 5.92 Å². The maximum absolute atomic E-state index is 12.2. The molecule has 3 N–H and O–H groups in total. The molecule has 4 heteroatoms. The Hall–Kier alpha value is -0.610. The number of carbonyl (C=O) groups excluding carboxylic acids is 1. The zero-order valence-corrected chi connectivity index (χ0v) is 12.3. The summed E-state index contributed by atoms with van der Waals surface area (Å²) in [4.78, 5) is 14.3. The third kappa shape index (κ3) is 4.94. The van der Waals surface area contributed by atoms with Crippen molar-refractivity contribution in [2.45, 2.75) is 51.6 Å². The number of carbonyl (C=O) groups is 1. The number of hydrogen-bond donors (Lipinski definition) is 2. The van der Waals surface area contributed by atoms with Crippen molar-refractivity contribution < 1.29 is 4.79 Å². The molecular weight excluding hydrogens is 226 g/mol. The van der Waals surface area contributed by atoms with Crippen LogP contribution in [0.15, 0.2) is 0 Å². The summed E-state index contributed by atoms with van der Waals surface area (Å²) in [7, 11) is 4.08. The van der Waals surface area contributed by atoms with Gasteiger partial charge in [0.25, 0.3) is 0 Å². The smallest absolute Gasteiger partial charge is 0.224 e. The third-order valence-corrected chi connectivity index (χ3v) is 3.59. The highest BCUT2D eigenvalue weighted by molar-refractivity contribution is 5.80. The number of nitrogens with two attached hydrogens (primary N) is 1. The molecule has 0 aromatic heterocycles. The Morgan fingerprint density at radius 3 is 2.50 bits per heavy atom. The lowest BCUT2D eigenvalue weighted by Gasteiger charge is -2.26. The van der Waals surface area contributed by atoms with Crippen LogP contribution in [0.4, 0.5) is 0 Å². The van der Waals surface area contributed by atoms with E-state index in [-0.39, 0.29) is 23.9 Å². The molecule has 0 bridgehead atoms. The number of likely N-dealkylation sites (N-methyl/N-ethyl adjacent to an activating group) is 1. The van der Waals surface area contributed by atoms with E-state index in [1.807, 2.05) is 14.1 Å². The van der Waals surface area contributed by atoms with Crippen LogP contribution in [0.25, 0.3) is 0 Å². The summed E-state index contributed by atoms with van der Waals surface area (Å²) in [6, 6.07) is 0.296. The van der Waals surface area contributed by atoms with Crippen molar-refractivity contribution in [1.29, 1.82) is 0 Å². The molecule has 0 spiro atoms. The van der Waals surface area contributed by atoms with Crippen LogP contribution >= 0.6 is 0 Å². The monoisotopic (exact) mass is 255 g/mol. The summed E-state index contributed by atoms with van der Waals surface area (Å²) in [5, 5.41) is 3.19. The van der Waals surface area contributed by atoms with Gasteiger partial charge in [-0.3, -0.25) is 4.79 Å². The predicted octanol–water partition coefficient (Wildman–Crippen LogP) is 1.21. The van der Waals surface area contributed by atoms with E-state index in [1.54, 1.807) is 0 Å². The first-order valence-electron chi connectivity index (χ1n) is 7.10. The van der Waals surface area contributed by atoms with Crippen molar-refractivity contribution in [3.05, 3.63) is 0 Å². The van der Waals surface area contributed by atoms with E-state index in [9.17, 15) is 4.79 Å². The van der Waals surface area contributed by atoms with E-state index in [2.05, 4.69) is 24.1 Å². The molecule has 0 aliphatic heterocycles. The largest absolute Gasteiger partial charge is 0.352 e. The zero-order chi connectivity index (χ0) is 13.7.